The molecule has 1 saturated carbocycles. The van der Waals surface area contributed by atoms with Crippen molar-refractivity contribution in [3.8, 4) is 0 Å². The third-order valence-electron chi connectivity index (χ3n) is 4.87. The van der Waals surface area contributed by atoms with Crippen LogP contribution in [0.3, 0.4) is 0 Å². The highest BCUT2D eigenvalue weighted by Crippen LogP contribution is 2.35. The maximum atomic E-state index is 13.2. The summed E-state index contributed by atoms with van der Waals surface area (Å²) in [7, 11) is 1.84. The Labute approximate surface area is 146 Å². The molecule has 3 rings (SSSR count). The number of carbonyl (C=O) groups is 1. The summed E-state index contributed by atoms with van der Waals surface area (Å²) in [5.74, 6) is 0.796. The van der Waals surface area contributed by atoms with E-state index in [-0.39, 0.29) is 23.9 Å². The van der Waals surface area contributed by atoms with E-state index in [0.29, 0.717) is 11.7 Å². The Hall–Kier alpha value is -2.44. The van der Waals surface area contributed by atoms with Gasteiger partial charge in [0.1, 0.15) is 12.1 Å². The average molecular weight is 345 g/mol. The minimum absolute atomic E-state index is 0.116. The molecule has 6 nitrogen and oxygen atoms in total. The molecule has 0 unspecified atom stereocenters. The van der Waals surface area contributed by atoms with Gasteiger partial charge in [-0.3, -0.25) is 0 Å². The molecule has 1 aromatic carbocycles. The number of halogens is 1. The largest absolute Gasteiger partial charge is 0.331 e. The minimum atomic E-state index is -0.269. The van der Waals surface area contributed by atoms with Crippen molar-refractivity contribution in [1.29, 1.82) is 0 Å². The normalized spacial score (nSPS) is 17.2. The third kappa shape index (κ3) is 4.15. The van der Waals surface area contributed by atoms with Crippen LogP contribution >= 0.6 is 0 Å². The van der Waals surface area contributed by atoms with Crippen LogP contribution in [0, 0.1) is 11.7 Å². The summed E-state index contributed by atoms with van der Waals surface area (Å²) < 4.78 is 15.0. The maximum absolute atomic E-state index is 13.2. The molecular weight excluding hydrogens is 321 g/mol. The second kappa shape index (κ2) is 7.63. The SMILES string of the molecule is C[C@@H](NC(=O)N[C@H](c1ccc(F)cc1)C1CCCC1)c1nncn1C. The number of hydrogen-bond acceptors (Lipinski definition) is 3. The fraction of sp³-hybridized carbons (Fsp3) is 0.500. The number of carbonyl (C=O) groups excluding carboxylic acids is 1. The van der Waals surface area contributed by atoms with Crippen molar-refractivity contribution in [2.75, 3.05) is 0 Å². The van der Waals surface area contributed by atoms with Crippen molar-refractivity contribution in [1.82, 2.24) is 25.4 Å². The first-order chi connectivity index (χ1) is 12.0. The molecule has 2 amide bonds. The van der Waals surface area contributed by atoms with E-state index in [1.54, 1.807) is 23.0 Å². The molecule has 0 saturated heterocycles. The van der Waals surface area contributed by atoms with E-state index in [9.17, 15) is 9.18 Å². The topological polar surface area (TPSA) is 71.8 Å². The number of aromatic nitrogens is 3. The molecule has 0 bridgehead atoms. The molecule has 7 heteroatoms. The smallest absolute Gasteiger partial charge is 0.315 e. The highest BCUT2D eigenvalue weighted by Gasteiger charge is 2.28. The Bertz CT molecular complexity index is 709. The first kappa shape index (κ1) is 17.4. The fourth-order valence-corrected chi connectivity index (χ4v) is 3.56. The minimum Gasteiger partial charge on any atom is -0.331 e. The summed E-state index contributed by atoms with van der Waals surface area (Å²) >= 11 is 0. The summed E-state index contributed by atoms with van der Waals surface area (Å²) in [5, 5.41) is 13.8. The number of urea groups is 1. The highest BCUT2D eigenvalue weighted by molar-refractivity contribution is 5.74. The van der Waals surface area contributed by atoms with E-state index in [4.69, 9.17) is 0 Å². The number of nitrogens with one attached hydrogen (secondary N) is 2. The van der Waals surface area contributed by atoms with Crippen LogP contribution in [0.4, 0.5) is 9.18 Å². The van der Waals surface area contributed by atoms with Gasteiger partial charge in [-0.15, -0.1) is 10.2 Å². The van der Waals surface area contributed by atoms with E-state index in [2.05, 4.69) is 20.8 Å². The summed E-state index contributed by atoms with van der Waals surface area (Å²) in [6.45, 7) is 1.87. The van der Waals surface area contributed by atoms with Gasteiger partial charge in [-0.05, 0) is 43.4 Å². The molecule has 0 aliphatic heterocycles. The summed E-state index contributed by atoms with van der Waals surface area (Å²) in [6, 6.07) is 5.77. The van der Waals surface area contributed by atoms with Gasteiger partial charge in [0.2, 0.25) is 0 Å². The van der Waals surface area contributed by atoms with Crippen LogP contribution < -0.4 is 10.6 Å². The van der Waals surface area contributed by atoms with E-state index >= 15 is 0 Å². The first-order valence-electron chi connectivity index (χ1n) is 8.71. The summed E-state index contributed by atoms with van der Waals surface area (Å²) in [4.78, 5) is 12.5. The predicted molar refractivity (Wildman–Crippen MR) is 92.2 cm³/mol. The van der Waals surface area contributed by atoms with Gasteiger partial charge in [-0.2, -0.15) is 0 Å². The molecule has 2 N–H and O–H groups in total. The van der Waals surface area contributed by atoms with Gasteiger partial charge >= 0.3 is 6.03 Å². The second-order valence-corrected chi connectivity index (χ2v) is 6.71. The molecule has 134 valence electrons. The van der Waals surface area contributed by atoms with Crippen molar-refractivity contribution in [3.05, 3.63) is 47.8 Å². The van der Waals surface area contributed by atoms with Crippen LogP contribution in [0.1, 0.15) is 56.1 Å². The zero-order chi connectivity index (χ0) is 17.8. The standard InChI is InChI=1S/C18H24FN5O/c1-12(17-23-20-11-24(17)2)21-18(25)22-16(13-5-3-4-6-13)14-7-9-15(19)10-8-14/h7-13,16H,3-6H2,1-2H3,(H2,21,22,25)/t12-,16+/m1/s1. The molecule has 0 spiro atoms. The second-order valence-electron chi connectivity index (χ2n) is 6.71. The monoisotopic (exact) mass is 345 g/mol. The van der Waals surface area contributed by atoms with Crippen LogP contribution in [-0.4, -0.2) is 20.8 Å². The lowest BCUT2D eigenvalue weighted by molar-refractivity contribution is 0.227. The van der Waals surface area contributed by atoms with E-state index < -0.39 is 0 Å². The summed E-state index contributed by atoms with van der Waals surface area (Å²) in [6.07, 6.45) is 6.08. The maximum Gasteiger partial charge on any atom is 0.315 e. The van der Waals surface area contributed by atoms with Crippen molar-refractivity contribution in [2.24, 2.45) is 13.0 Å². The summed E-state index contributed by atoms with van der Waals surface area (Å²) in [5.41, 5.74) is 0.940. The molecule has 2 atom stereocenters. The third-order valence-corrected chi connectivity index (χ3v) is 4.87. The Morgan fingerprint density at radius 2 is 1.92 bits per heavy atom. The number of benzene rings is 1. The van der Waals surface area contributed by atoms with Crippen molar-refractivity contribution < 1.29 is 9.18 Å². The molecule has 1 aliphatic carbocycles. The van der Waals surface area contributed by atoms with Gasteiger partial charge in [-0.25, -0.2) is 9.18 Å². The molecule has 1 aromatic heterocycles. The van der Waals surface area contributed by atoms with Crippen molar-refractivity contribution >= 4 is 6.03 Å². The molecule has 0 radical (unpaired) electrons. The molecule has 1 heterocycles. The highest BCUT2D eigenvalue weighted by atomic mass is 19.1. The lowest BCUT2D eigenvalue weighted by atomic mass is 9.91. The fourth-order valence-electron chi connectivity index (χ4n) is 3.56. The molecule has 25 heavy (non-hydrogen) atoms. The van der Waals surface area contributed by atoms with Gasteiger partial charge in [0.15, 0.2) is 5.82 Å². The Balaban J connectivity index is 1.70. The quantitative estimate of drug-likeness (QED) is 0.874. The number of nitrogens with zero attached hydrogens (tertiary/aromatic N) is 3. The zero-order valence-electron chi connectivity index (χ0n) is 14.6. The average Bonchev–Trinajstić information content (AvgIpc) is 3.25. The molecular formula is C18H24FN5O. The molecule has 1 fully saturated rings. The number of hydrogen-bond donors (Lipinski definition) is 2. The van der Waals surface area contributed by atoms with Gasteiger partial charge < -0.3 is 15.2 Å². The number of aryl methyl sites for hydroxylation is 1. The van der Waals surface area contributed by atoms with Gasteiger partial charge in [0.05, 0.1) is 12.1 Å². The van der Waals surface area contributed by atoms with Crippen LogP contribution in [0.2, 0.25) is 0 Å². The Kier molecular flexibility index (Phi) is 5.31. The van der Waals surface area contributed by atoms with E-state index in [1.165, 1.54) is 25.0 Å². The van der Waals surface area contributed by atoms with Gasteiger partial charge in [0, 0.05) is 7.05 Å². The predicted octanol–water partition coefficient (Wildman–Crippen LogP) is 3.25. The van der Waals surface area contributed by atoms with Crippen LogP contribution in [-0.2, 0) is 7.05 Å². The van der Waals surface area contributed by atoms with Gasteiger partial charge in [-0.1, -0.05) is 25.0 Å². The number of rotatable bonds is 5. The zero-order valence-corrected chi connectivity index (χ0v) is 14.6. The van der Waals surface area contributed by atoms with Crippen molar-refractivity contribution in [3.63, 3.8) is 0 Å². The Morgan fingerprint density at radius 3 is 2.52 bits per heavy atom. The number of amides is 2. The van der Waals surface area contributed by atoms with Gasteiger partial charge in [0.25, 0.3) is 0 Å². The lowest BCUT2D eigenvalue weighted by Crippen LogP contribution is -2.41. The van der Waals surface area contributed by atoms with E-state index in [1.807, 2.05) is 14.0 Å². The molecule has 1 aliphatic rings. The molecule has 2 aromatic rings. The Morgan fingerprint density at radius 1 is 1.24 bits per heavy atom. The first-order valence-corrected chi connectivity index (χ1v) is 8.71. The van der Waals surface area contributed by atoms with Crippen LogP contribution in [0.15, 0.2) is 30.6 Å². The van der Waals surface area contributed by atoms with Crippen molar-refractivity contribution in [2.45, 2.75) is 44.7 Å². The lowest BCUT2D eigenvalue weighted by Gasteiger charge is -2.26. The van der Waals surface area contributed by atoms with Crippen LogP contribution in [0.5, 0.6) is 0 Å². The van der Waals surface area contributed by atoms with E-state index in [0.717, 1.165) is 18.4 Å². The van der Waals surface area contributed by atoms with Crippen LogP contribution in [0.25, 0.3) is 0 Å².